The van der Waals surface area contributed by atoms with Crippen molar-refractivity contribution < 1.29 is 40.7 Å². The lowest BCUT2D eigenvalue weighted by Gasteiger charge is -2.20. The largest absolute Gasteiger partial charge is 0.534 e. The second kappa shape index (κ2) is 9.90. The number of halogens is 3. The Labute approximate surface area is 157 Å². The second-order valence-electron chi connectivity index (χ2n) is 6.79. The third kappa shape index (κ3) is 7.44. The van der Waals surface area contributed by atoms with Crippen molar-refractivity contribution >= 4 is 10.1 Å². The van der Waals surface area contributed by atoms with Crippen LogP contribution in [0.3, 0.4) is 0 Å². The molecule has 27 heavy (non-hydrogen) atoms. The molecule has 2 unspecified atom stereocenters. The molecule has 1 saturated heterocycles. The third-order valence-electron chi connectivity index (χ3n) is 4.42. The van der Waals surface area contributed by atoms with Gasteiger partial charge in [-0.15, -0.1) is 0 Å². The zero-order valence-corrected chi connectivity index (χ0v) is 16.1. The van der Waals surface area contributed by atoms with Gasteiger partial charge in [-0.1, -0.05) is 20.1 Å². The molecule has 0 aromatic carbocycles. The number of alkyl halides is 3. The summed E-state index contributed by atoms with van der Waals surface area (Å²) >= 11 is 0. The quantitative estimate of drug-likeness (QED) is 0.233. The Balaban J connectivity index is 2.42. The number of rotatable bonds is 11. The fourth-order valence-electron chi connectivity index (χ4n) is 2.83. The van der Waals surface area contributed by atoms with Crippen LogP contribution in [0.1, 0.15) is 45.4 Å². The van der Waals surface area contributed by atoms with Crippen molar-refractivity contribution in [3.63, 3.8) is 0 Å². The van der Waals surface area contributed by atoms with Crippen LogP contribution in [0.4, 0.5) is 13.2 Å². The van der Waals surface area contributed by atoms with Crippen LogP contribution in [-0.2, 0) is 19.0 Å². The normalized spacial score (nSPS) is 23.3. The van der Waals surface area contributed by atoms with Crippen LogP contribution in [0.15, 0.2) is 24.5 Å². The van der Waals surface area contributed by atoms with E-state index in [1.54, 1.807) is 0 Å². The smallest absolute Gasteiger partial charge is 0.396 e. The topological polar surface area (TPSA) is 93.1 Å². The van der Waals surface area contributed by atoms with E-state index >= 15 is 0 Å². The van der Waals surface area contributed by atoms with Gasteiger partial charge in [0.1, 0.15) is 5.76 Å². The minimum Gasteiger partial charge on any atom is -0.396 e. The Hall–Kier alpha value is -1.10. The van der Waals surface area contributed by atoms with E-state index in [1.165, 1.54) is 6.92 Å². The Morgan fingerprint density at radius 1 is 1.41 bits per heavy atom. The number of aliphatic hydroxyl groups is 2. The highest BCUT2D eigenvalue weighted by Crippen LogP contribution is 2.32. The number of aliphatic hydroxyl groups excluding tert-OH is 2. The molecule has 0 aromatic heterocycles. The predicted octanol–water partition coefficient (Wildman–Crippen LogP) is 3.02. The summed E-state index contributed by atoms with van der Waals surface area (Å²) in [5, 5.41) is 18.9. The number of hydrogen-bond donors (Lipinski definition) is 2. The average Bonchev–Trinajstić information content (AvgIpc) is 2.89. The first-order valence-electron chi connectivity index (χ1n) is 8.69. The molecule has 1 heterocycles. The lowest BCUT2D eigenvalue weighted by atomic mass is 9.96. The second-order valence-corrected chi connectivity index (χ2v) is 8.33. The lowest BCUT2D eigenvalue weighted by Crippen LogP contribution is -2.27. The van der Waals surface area contributed by atoms with Gasteiger partial charge in [-0.3, -0.25) is 0 Å². The van der Waals surface area contributed by atoms with Crippen molar-refractivity contribution in [1.29, 1.82) is 0 Å². The molecule has 158 valence electrons. The molecule has 4 atom stereocenters. The van der Waals surface area contributed by atoms with E-state index in [9.17, 15) is 26.7 Å². The molecule has 1 aliphatic heterocycles. The fraction of sp³-hybridized carbons (Fsp3) is 0.765. The van der Waals surface area contributed by atoms with Gasteiger partial charge in [-0.05, 0) is 44.1 Å². The van der Waals surface area contributed by atoms with Crippen LogP contribution in [0.25, 0.3) is 0 Å². The molecule has 0 amide bonds. The summed E-state index contributed by atoms with van der Waals surface area (Å²) in [7, 11) is -5.75. The molecule has 1 rings (SSSR count). The molecule has 6 nitrogen and oxygen atoms in total. The van der Waals surface area contributed by atoms with Crippen molar-refractivity contribution in [3.8, 4) is 0 Å². The number of allylic oxidation sites excluding steroid dienone is 1. The van der Waals surface area contributed by atoms with Crippen LogP contribution in [0.2, 0.25) is 0 Å². The van der Waals surface area contributed by atoms with Gasteiger partial charge >= 0.3 is 15.6 Å². The van der Waals surface area contributed by atoms with Gasteiger partial charge in [0.05, 0.1) is 18.3 Å². The van der Waals surface area contributed by atoms with Gasteiger partial charge in [0.15, 0.2) is 0 Å². The Morgan fingerprint density at radius 2 is 2.04 bits per heavy atom. The standard InChI is InChI=1S/C17H27F3O6S/c1-11(13(3)26-27(23,24)17(18,19)20)9-14(22)6-7-16-12(2)10-15(25-16)5-4-8-21/h11,14-16,21-22H,2-10H2,1H3/t11?,14-,15+,16?/m1/s1. The highest BCUT2D eigenvalue weighted by molar-refractivity contribution is 7.87. The SMILES string of the molecule is C=C(OS(=O)(=O)C(F)(F)F)C(C)C[C@H](O)CCC1O[C@@H](CCCO)CC1=C. The van der Waals surface area contributed by atoms with Crippen LogP contribution in [0, 0.1) is 5.92 Å². The molecule has 0 saturated carbocycles. The van der Waals surface area contributed by atoms with E-state index in [4.69, 9.17) is 9.84 Å². The van der Waals surface area contributed by atoms with Crippen LogP contribution in [0.5, 0.6) is 0 Å². The summed E-state index contributed by atoms with van der Waals surface area (Å²) in [4.78, 5) is 0. The first-order valence-corrected chi connectivity index (χ1v) is 10.1. The summed E-state index contributed by atoms with van der Waals surface area (Å²) in [5.74, 6) is -1.36. The van der Waals surface area contributed by atoms with E-state index in [2.05, 4.69) is 17.3 Å². The van der Waals surface area contributed by atoms with Crippen molar-refractivity contribution in [2.75, 3.05) is 6.61 Å². The van der Waals surface area contributed by atoms with Crippen LogP contribution >= 0.6 is 0 Å². The fourth-order valence-corrected chi connectivity index (χ4v) is 3.37. The maximum absolute atomic E-state index is 12.3. The molecule has 0 aliphatic carbocycles. The third-order valence-corrected chi connectivity index (χ3v) is 5.42. The predicted molar refractivity (Wildman–Crippen MR) is 93.0 cm³/mol. The molecule has 0 bridgehead atoms. The molecule has 2 N–H and O–H groups in total. The molecule has 0 radical (unpaired) electrons. The summed E-state index contributed by atoms with van der Waals surface area (Å²) in [6.45, 7) is 8.68. The maximum atomic E-state index is 12.3. The minimum atomic E-state index is -5.75. The molecule has 0 spiro atoms. The van der Waals surface area contributed by atoms with Crippen LogP contribution in [-0.4, -0.2) is 49.1 Å². The van der Waals surface area contributed by atoms with E-state index < -0.39 is 33.4 Å². The average molecular weight is 416 g/mol. The summed E-state index contributed by atoms with van der Waals surface area (Å²) < 4.78 is 68.7. The zero-order chi connectivity index (χ0) is 20.8. The molecule has 1 aliphatic rings. The van der Waals surface area contributed by atoms with Gasteiger partial charge in [0.25, 0.3) is 0 Å². The summed E-state index contributed by atoms with van der Waals surface area (Å²) in [6.07, 6.45) is 1.72. The van der Waals surface area contributed by atoms with E-state index in [0.717, 1.165) is 12.0 Å². The molecule has 1 fully saturated rings. The van der Waals surface area contributed by atoms with Gasteiger partial charge < -0.3 is 19.1 Å². The van der Waals surface area contributed by atoms with Crippen molar-refractivity contribution in [2.24, 2.45) is 5.92 Å². The summed E-state index contributed by atoms with van der Waals surface area (Å²) in [6, 6.07) is 0. The van der Waals surface area contributed by atoms with E-state index in [1.807, 2.05) is 0 Å². The molecular weight excluding hydrogens is 389 g/mol. The monoisotopic (exact) mass is 416 g/mol. The van der Waals surface area contributed by atoms with Gasteiger partial charge in [0, 0.05) is 12.5 Å². The molecular formula is C17H27F3O6S. The highest BCUT2D eigenvalue weighted by Gasteiger charge is 2.49. The zero-order valence-electron chi connectivity index (χ0n) is 15.2. The van der Waals surface area contributed by atoms with E-state index in [0.29, 0.717) is 25.7 Å². The van der Waals surface area contributed by atoms with Gasteiger partial charge in [-0.2, -0.15) is 21.6 Å². The van der Waals surface area contributed by atoms with Crippen molar-refractivity contribution in [2.45, 2.75) is 69.3 Å². The number of hydrogen-bond acceptors (Lipinski definition) is 6. The van der Waals surface area contributed by atoms with Gasteiger partial charge in [-0.25, -0.2) is 0 Å². The van der Waals surface area contributed by atoms with Crippen molar-refractivity contribution in [1.82, 2.24) is 0 Å². The van der Waals surface area contributed by atoms with Crippen molar-refractivity contribution in [3.05, 3.63) is 24.5 Å². The highest BCUT2D eigenvalue weighted by atomic mass is 32.2. The molecule has 0 aromatic rings. The maximum Gasteiger partial charge on any atom is 0.534 e. The Kier molecular flexibility index (Phi) is 8.78. The first kappa shape index (κ1) is 23.9. The van der Waals surface area contributed by atoms with Gasteiger partial charge in [0.2, 0.25) is 0 Å². The first-order chi connectivity index (χ1) is 12.4. The Morgan fingerprint density at radius 3 is 2.59 bits per heavy atom. The lowest BCUT2D eigenvalue weighted by molar-refractivity contribution is -0.0527. The Bertz CT molecular complexity index is 617. The minimum absolute atomic E-state index is 0.000647. The van der Waals surface area contributed by atoms with Crippen LogP contribution < -0.4 is 0 Å². The number of ether oxygens (including phenoxy) is 1. The molecule has 10 heteroatoms. The van der Waals surface area contributed by atoms with E-state index in [-0.39, 0.29) is 25.2 Å². The summed E-state index contributed by atoms with van der Waals surface area (Å²) in [5.41, 5.74) is -4.62.